The molecule has 1 unspecified atom stereocenters. The monoisotopic (exact) mass is 307 g/mol. The van der Waals surface area contributed by atoms with Crippen molar-refractivity contribution in [3.05, 3.63) is 58.0 Å². The number of rotatable bonds is 5. The molecule has 3 heteroatoms. The number of furan rings is 1. The number of halogens is 1. The zero-order valence-electron chi connectivity index (χ0n) is 10.7. The fourth-order valence-corrected chi connectivity index (χ4v) is 2.87. The number of aryl methyl sites for hydroxylation is 1. The van der Waals surface area contributed by atoms with E-state index in [1.54, 1.807) is 6.26 Å². The van der Waals surface area contributed by atoms with Gasteiger partial charge in [-0.1, -0.05) is 35.0 Å². The maximum Gasteiger partial charge on any atom is 0.0935 e. The predicted octanol–water partition coefficient (Wildman–Crippen LogP) is 4.24. The summed E-state index contributed by atoms with van der Waals surface area (Å²) in [5, 5.41) is 3.53. The highest BCUT2D eigenvalue weighted by Gasteiger charge is 2.14. The molecular weight excluding hydrogens is 290 g/mol. The molecule has 2 aromatic rings. The molecule has 0 saturated carbocycles. The van der Waals surface area contributed by atoms with Crippen LogP contribution in [0, 0.1) is 6.92 Å². The largest absolute Gasteiger partial charge is 0.472 e. The van der Waals surface area contributed by atoms with Crippen LogP contribution in [0.4, 0.5) is 0 Å². The molecule has 0 radical (unpaired) electrons. The summed E-state index contributed by atoms with van der Waals surface area (Å²) >= 11 is 3.66. The summed E-state index contributed by atoms with van der Waals surface area (Å²) in [6.45, 7) is 5.18. The summed E-state index contributed by atoms with van der Waals surface area (Å²) in [5.74, 6) is 0. The first-order chi connectivity index (χ1) is 8.70. The number of benzene rings is 1. The summed E-state index contributed by atoms with van der Waals surface area (Å²) in [6.07, 6.45) is 4.47. The van der Waals surface area contributed by atoms with Crippen LogP contribution in [0.1, 0.15) is 29.7 Å². The van der Waals surface area contributed by atoms with Crippen LogP contribution < -0.4 is 5.32 Å². The van der Waals surface area contributed by atoms with Crippen molar-refractivity contribution in [1.82, 2.24) is 5.32 Å². The van der Waals surface area contributed by atoms with Gasteiger partial charge in [0.2, 0.25) is 0 Å². The Kier molecular flexibility index (Phi) is 4.61. The summed E-state index contributed by atoms with van der Waals surface area (Å²) in [5.41, 5.74) is 3.78. The molecule has 2 nitrogen and oxygen atoms in total. The Labute approximate surface area is 117 Å². The van der Waals surface area contributed by atoms with Crippen LogP contribution in [-0.4, -0.2) is 6.54 Å². The molecular formula is C15H18BrNO. The molecule has 0 aliphatic carbocycles. The van der Waals surface area contributed by atoms with Crippen molar-refractivity contribution in [3.63, 3.8) is 0 Å². The van der Waals surface area contributed by atoms with Crippen molar-refractivity contribution in [2.45, 2.75) is 26.3 Å². The Hall–Kier alpha value is -1.06. The SMILES string of the molecule is CCNC(Cc1ccoc1)c1ccc(C)cc1Br. The predicted molar refractivity (Wildman–Crippen MR) is 77.7 cm³/mol. The number of hydrogen-bond donors (Lipinski definition) is 1. The Morgan fingerprint density at radius 1 is 1.33 bits per heavy atom. The van der Waals surface area contributed by atoms with Crippen LogP contribution >= 0.6 is 15.9 Å². The second-order valence-electron chi connectivity index (χ2n) is 4.47. The van der Waals surface area contributed by atoms with Gasteiger partial charge in [0, 0.05) is 10.5 Å². The molecule has 18 heavy (non-hydrogen) atoms. The molecule has 0 saturated heterocycles. The number of hydrogen-bond acceptors (Lipinski definition) is 2. The maximum absolute atomic E-state index is 5.14. The van der Waals surface area contributed by atoms with Crippen molar-refractivity contribution in [2.75, 3.05) is 6.54 Å². The first-order valence-corrected chi connectivity index (χ1v) is 7.00. The highest BCUT2D eigenvalue weighted by molar-refractivity contribution is 9.10. The van der Waals surface area contributed by atoms with Gasteiger partial charge in [0.15, 0.2) is 0 Å². The Morgan fingerprint density at radius 2 is 2.17 bits per heavy atom. The lowest BCUT2D eigenvalue weighted by molar-refractivity contribution is 0.533. The summed E-state index contributed by atoms with van der Waals surface area (Å²) in [6, 6.07) is 8.83. The minimum absolute atomic E-state index is 0.308. The second-order valence-corrected chi connectivity index (χ2v) is 5.33. The van der Waals surface area contributed by atoms with Crippen molar-refractivity contribution in [3.8, 4) is 0 Å². The zero-order valence-corrected chi connectivity index (χ0v) is 12.3. The summed E-state index contributed by atoms with van der Waals surface area (Å²) in [4.78, 5) is 0. The van der Waals surface area contributed by atoms with Gasteiger partial charge < -0.3 is 9.73 Å². The van der Waals surface area contributed by atoms with Crippen molar-refractivity contribution in [2.24, 2.45) is 0 Å². The molecule has 0 amide bonds. The second kappa shape index (κ2) is 6.21. The molecule has 1 aromatic carbocycles. The van der Waals surface area contributed by atoms with E-state index in [0.29, 0.717) is 6.04 Å². The molecule has 0 spiro atoms. The fraction of sp³-hybridized carbons (Fsp3) is 0.333. The summed E-state index contributed by atoms with van der Waals surface area (Å²) < 4.78 is 6.30. The van der Waals surface area contributed by atoms with E-state index < -0.39 is 0 Å². The van der Waals surface area contributed by atoms with Gasteiger partial charge in [-0.05, 0) is 48.7 Å². The van der Waals surface area contributed by atoms with E-state index >= 15 is 0 Å². The Balaban J connectivity index is 2.23. The standard InChI is InChI=1S/C15H18BrNO/c1-3-17-15(9-12-6-7-18-10-12)13-5-4-11(2)8-14(13)16/h4-8,10,15,17H,3,9H2,1-2H3. The highest BCUT2D eigenvalue weighted by atomic mass is 79.9. The van der Waals surface area contributed by atoms with Gasteiger partial charge in [-0.3, -0.25) is 0 Å². The van der Waals surface area contributed by atoms with Gasteiger partial charge in [0.1, 0.15) is 0 Å². The van der Waals surface area contributed by atoms with Crippen molar-refractivity contribution in [1.29, 1.82) is 0 Å². The molecule has 1 aromatic heterocycles. The third-order valence-electron chi connectivity index (χ3n) is 3.00. The molecule has 1 atom stereocenters. The first kappa shape index (κ1) is 13.4. The molecule has 1 heterocycles. The number of nitrogens with one attached hydrogen (secondary N) is 1. The van der Waals surface area contributed by atoms with Crippen LogP contribution in [0.2, 0.25) is 0 Å². The zero-order chi connectivity index (χ0) is 13.0. The van der Waals surface area contributed by atoms with Crippen LogP contribution in [0.5, 0.6) is 0 Å². The van der Waals surface area contributed by atoms with Gasteiger partial charge in [0.05, 0.1) is 12.5 Å². The quantitative estimate of drug-likeness (QED) is 0.893. The van der Waals surface area contributed by atoms with E-state index in [1.807, 2.05) is 12.3 Å². The molecule has 0 aliphatic heterocycles. The summed E-state index contributed by atoms with van der Waals surface area (Å²) in [7, 11) is 0. The lowest BCUT2D eigenvalue weighted by atomic mass is 9.99. The van der Waals surface area contributed by atoms with Crippen LogP contribution in [0.15, 0.2) is 45.7 Å². The third kappa shape index (κ3) is 3.24. The fourth-order valence-electron chi connectivity index (χ4n) is 2.10. The average molecular weight is 308 g/mol. The normalized spacial score (nSPS) is 12.6. The van der Waals surface area contributed by atoms with E-state index in [1.165, 1.54) is 16.7 Å². The van der Waals surface area contributed by atoms with Crippen LogP contribution in [0.3, 0.4) is 0 Å². The smallest absolute Gasteiger partial charge is 0.0935 e. The minimum atomic E-state index is 0.308. The van der Waals surface area contributed by atoms with Crippen molar-refractivity contribution >= 4 is 15.9 Å². The topological polar surface area (TPSA) is 25.2 Å². The Bertz CT molecular complexity index is 493. The van der Waals surface area contributed by atoms with E-state index in [-0.39, 0.29) is 0 Å². The maximum atomic E-state index is 5.14. The third-order valence-corrected chi connectivity index (χ3v) is 3.69. The van der Waals surface area contributed by atoms with Gasteiger partial charge in [-0.15, -0.1) is 0 Å². The molecule has 96 valence electrons. The first-order valence-electron chi connectivity index (χ1n) is 6.21. The molecule has 0 aliphatic rings. The average Bonchev–Trinajstić information content (AvgIpc) is 2.81. The van der Waals surface area contributed by atoms with Crippen LogP contribution in [0.25, 0.3) is 0 Å². The number of likely N-dealkylation sites (N-methyl/N-ethyl adjacent to an activating group) is 1. The van der Waals surface area contributed by atoms with Crippen LogP contribution in [-0.2, 0) is 6.42 Å². The molecule has 0 bridgehead atoms. The lowest BCUT2D eigenvalue weighted by Crippen LogP contribution is -2.23. The van der Waals surface area contributed by atoms with E-state index in [9.17, 15) is 0 Å². The van der Waals surface area contributed by atoms with Gasteiger partial charge in [-0.25, -0.2) is 0 Å². The van der Waals surface area contributed by atoms with E-state index in [4.69, 9.17) is 4.42 Å². The molecule has 2 rings (SSSR count). The molecule has 0 fully saturated rings. The lowest BCUT2D eigenvalue weighted by Gasteiger charge is -2.19. The minimum Gasteiger partial charge on any atom is -0.472 e. The molecule has 1 N–H and O–H groups in total. The van der Waals surface area contributed by atoms with E-state index in [2.05, 4.69) is 53.3 Å². The van der Waals surface area contributed by atoms with E-state index in [0.717, 1.165) is 17.4 Å². The van der Waals surface area contributed by atoms with Gasteiger partial charge in [-0.2, -0.15) is 0 Å². The van der Waals surface area contributed by atoms with Crippen molar-refractivity contribution < 1.29 is 4.42 Å². The van der Waals surface area contributed by atoms with Gasteiger partial charge >= 0.3 is 0 Å². The van der Waals surface area contributed by atoms with Gasteiger partial charge in [0.25, 0.3) is 0 Å². The highest BCUT2D eigenvalue weighted by Crippen LogP contribution is 2.27. The Morgan fingerprint density at radius 3 is 2.78 bits per heavy atom.